The van der Waals surface area contributed by atoms with Crippen LogP contribution in [0.4, 0.5) is 5.82 Å². The van der Waals surface area contributed by atoms with Crippen molar-refractivity contribution in [3.05, 3.63) is 54.5 Å². The third-order valence-corrected chi connectivity index (χ3v) is 8.34. The lowest BCUT2D eigenvalue weighted by Crippen LogP contribution is -2.42. The highest BCUT2D eigenvalue weighted by Crippen LogP contribution is 2.43. The van der Waals surface area contributed by atoms with Crippen LogP contribution in [0.5, 0.6) is 0 Å². The van der Waals surface area contributed by atoms with Crippen LogP contribution in [-0.4, -0.2) is 55.0 Å². The largest absolute Gasteiger partial charge is 0.341 e. The standard InChI is InChI=1S/C25H28N8O2S/c1-4-20-24-30-29-16(2)32(24)21-15-27-25(28-23(21)33(20)18-7-5-6-8-18)31-14-13-26-22(31)17-9-11-19(12-10-17)36(3,34)35/h9-15,18,20H,4-8H2,1-3H3. The summed E-state index contributed by atoms with van der Waals surface area (Å²) in [6.45, 7) is 4.14. The van der Waals surface area contributed by atoms with Crippen LogP contribution in [0.15, 0.2) is 47.8 Å². The number of fused-ring (bicyclic) bond motifs is 3. The molecular weight excluding hydrogens is 476 g/mol. The summed E-state index contributed by atoms with van der Waals surface area (Å²) in [6.07, 6.45) is 12.2. The molecule has 0 N–H and O–H groups in total. The fourth-order valence-corrected chi connectivity index (χ4v) is 6.13. The average Bonchev–Trinajstić information content (AvgIpc) is 3.64. The minimum Gasteiger partial charge on any atom is -0.341 e. The summed E-state index contributed by atoms with van der Waals surface area (Å²) < 4.78 is 27.7. The van der Waals surface area contributed by atoms with Crippen molar-refractivity contribution in [2.24, 2.45) is 0 Å². The van der Waals surface area contributed by atoms with Crippen LogP contribution < -0.4 is 4.90 Å². The van der Waals surface area contributed by atoms with Gasteiger partial charge in [-0.05, 0) is 50.5 Å². The lowest BCUT2D eigenvalue weighted by molar-refractivity contribution is 0.467. The first-order valence-electron chi connectivity index (χ1n) is 12.3. The van der Waals surface area contributed by atoms with Gasteiger partial charge in [0.15, 0.2) is 21.5 Å². The molecule has 1 fully saturated rings. The molecule has 1 aliphatic carbocycles. The van der Waals surface area contributed by atoms with E-state index in [1.54, 1.807) is 30.5 Å². The third-order valence-electron chi connectivity index (χ3n) is 7.21. The molecule has 6 rings (SSSR count). The second-order valence-corrected chi connectivity index (χ2v) is 11.5. The van der Waals surface area contributed by atoms with Crippen LogP contribution in [0.25, 0.3) is 23.0 Å². The smallest absolute Gasteiger partial charge is 0.237 e. The number of anilines is 1. The fraction of sp³-hybridized carbons (Fsp3) is 0.400. The maximum Gasteiger partial charge on any atom is 0.237 e. The van der Waals surface area contributed by atoms with Gasteiger partial charge >= 0.3 is 0 Å². The Morgan fingerprint density at radius 2 is 1.81 bits per heavy atom. The van der Waals surface area contributed by atoms with Crippen molar-refractivity contribution in [2.75, 3.05) is 11.2 Å². The van der Waals surface area contributed by atoms with Crippen molar-refractivity contribution in [1.29, 1.82) is 0 Å². The molecule has 1 unspecified atom stereocenters. The van der Waals surface area contributed by atoms with Gasteiger partial charge in [-0.3, -0.25) is 9.13 Å². The molecule has 0 saturated heterocycles. The number of sulfone groups is 1. The summed E-state index contributed by atoms with van der Waals surface area (Å²) in [5, 5.41) is 8.92. The molecule has 36 heavy (non-hydrogen) atoms. The van der Waals surface area contributed by atoms with Crippen LogP contribution in [0.1, 0.15) is 56.7 Å². The Kier molecular flexibility index (Phi) is 5.40. The van der Waals surface area contributed by atoms with Gasteiger partial charge in [0.25, 0.3) is 0 Å². The molecule has 0 spiro atoms. The van der Waals surface area contributed by atoms with E-state index in [0.717, 1.165) is 48.0 Å². The van der Waals surface area contributed by atoms with Gasteiger partial charge in [0.2, 0.25) is 5.95 Å². The Bertz CT molecular complexity index is 1530. The van der Waals surface area contributed by atoms with Gasteiger partial charge in [-0.1, -0.05) is 19.8 Å². The average molecular weight is 505 g/mol. The lowest BCUT2D eigenvalue weighted by atomic mass is 10.0. The summed E-state index contributed by atoms with van der Waals surface area (Å²) in [5.41, 5.74) is 1.68. The molecule has 4 heterocycles. The molecule has 2 aliphatic rings. The molecule has 0 bridgehead atoms. The second-order valence-electron chi connectivity index (χ2n) is 9.51. The fourth-order valence-electron chi connectivity index (χ4n) is 5.50. The first kappa shape index (κ1) is 22.8. The van der Waals surface area contributed by atoms with Crippen molar-refractivity contribution >= 4 is 15.7 Å². The summed E-state index contributed by atoms with van der Waals surface area (Å²) in [5.74, 6) is 3.81. The van der Waals surface area contributed by atoms with Crippen molar-refractivity contribution in [1.82, 2.24) is 34.3 Å². The molecule has 1 aromatic carbocycles. The van der Waals surface area contributed by atoms with E-state index >= 15 is 0 Å². The van der Waals surface area contributed by atoms with Crippen LogP contribution >= 0.6 is 0 Å². The molecule has 0 radical (unpaired) electrons. The Balaban J connectivity index is 1.48. The molecule has 4 aromatic rings. The second kappa shape index (κ2) is 8.51. The maximum absolute atomic E-state index is 11.9. The van der Waals surface area contributed by atoms with E-state index in [1.807, 2.05) is 23.9 Å². The highest BCUT2D eigenvalue weighted by molar-refractivity contribution is 7.90. The van der Waals surface area contributed by atoms with Crippen LogP contribution in [0.2, 0.25) is 0 Å². The Labute approximate surface area is 210 Å². The molecule has 3 aromatic heterocycles. The zero-order valence-corrected chi connectivity index (χ0v) is 21.4. The third kappa shape index (κ3) is 3.60. The van der Waals surface area contributed by atoms with Crippen LogP contribution in [0, 0.1) is 6.92 Å². The lowest BCUT2D eigenvalue weighted by Gasteiger charge is -2.41. The van der Waals surface area contributed by atoms with Gasteiger partial charge in [-0.15, -0.1) is 10.2 Å². The molecule has 1 atom stereocenters. The van der Waals surface area contributed by atoms with Crippen molar-refractivity contribution in [3.8, 4) is 23.0 Å². The Morgan fingerprint density at radius 1 is 1.06 bits per heavy atom. The predicted octanol–water partition coefficient (Wildman–Crippen LogP) is 3.84. The zero-order chi connectivity index (χ0) is 25.0. The first-order valence-corrected chi connectivity index (χ1v) is 14.2. The number of hydrogen-bond acceptors (Lipinski definition) is 8. The quantitative estimate of drug-likeness (QED) is 0.403. The summed E-state index contributed by atoms with van der Waals surface area (Å²) in [4.78, 5) is 17.1. The van der Waals surface area contributed by atoms with Crippen LogP contribution in [-0.2, 0) is 9.84 Å². The number of rotatable bonds is 5. The van der Waals surface area contributed by atoms with E-state index in [4.69, 9.17) is 9.97 Å². The first-order chi connectivity index (χ1) is 17.4. The summed E-state index contributed by atoms with van der Waals surface area (Å²) >= 11 is 0. The van der Waals surface area contributed by atoms with E-state index in [1.165, 1.54) is 19.1 Å². The minimum atomic E-state index is -3.28. The number of imidazole rings is 1. The molecular formula is C25H28N8O2S. The van der Waals surface area contributed by atoms with Crippen molar-refractivity contribution in [2.45, 2.75) is 62.9 Å². The SMILES string of the molecule is CCC1c2nnc(C)n2-c2cnc(-n3ccnc3-c3ccc(S(C)(=O)=O)cc3)nc2N1C1CCCC1. The summed E-state index contributed by atoms with van der Waals surface area (Å²) in [6, 6.07) is 7.21. The highest BCUT2D eigenvalue weighted by Gasteiger charge is 2.39. The van der Waals surface area contributed by atoms with E-state index in [-0.39, 0.29) is 10.9 Å². The highest BCUT2D eigenvalue weighted by atomic mass is 32.2. The molecule has 10 nitrogen and oxygen atoms in total. The van der Waals surface area contributed by atoms with Crippen molar-refractivity contribution < 1.29 is 8.42 Å². The molecule has 1 saturated carbocycles. The van der Waals surface area contributed by atoms with E-state index in [9.17, 15) is 8.42 Å². The normalized spacial score (nSPS) is 17.9. The number of benzene rings is 1. The van der Waals surface area contributed by atoms with Gasteiger partial charge < -0.3 is 4.90 Å². The number of nitrogens with zero attached hydrogens (tertiary/aromatic N) is 8. The minimum absolute atomic E-state index is 0.0929. The number of aromatic nitrogens is 7. The van der Waals surface area contributed by atoms with E-state index in [2.05, 4.69) is 31.6 Å². The Hall–Kier alpha value is -3.60. The number of hydrogen-bond donors (Lipinski definition) is 0. The molecule has 11 heteroatoms. The Morgan fingerprint density at radius 3 is 2.50 bits per heavy atom. The van der Waals surface area contributed by atoms with E-state index in [0.29, 0.717) is 17.8 Å². The zero-order valence-electron chi connectivity index (χ0n) is 20.5. The van der Waals surface area contributed by atoms with Crippen LogP contribution in [0.3, 0.4) is 0 Å². The van der Waals surface area contributed by atoms with Gasteiger partial charge in [0, 0.05) is 30.3 Å². The van der Waals surface area contributed by atoms with Crippen molar-refractivity contribution in [3.63, 3.8) is 0 Å². The van der Waals surface area contributed by atoms with Gasteiger partial charge in [-0.25, -0.2) is 18.4 Å². The topological polar surface area (TPSA) is 112 Å². The molecule has 0 amide bonds. The predicted molar refractivity (Wildman–Crippen MR) is 135 cm³/mol. The number of aryl methyl sites for hydroxylation is 1. The maximum atomic E-state index is 11.9. The summed E-state index contributed by atoms with van der Waals surface area (Å²) in [7, 11) is -3.28. The monoisotopic (exact) mass is 504 g/mol. The van der Waals surface area contributed by atoms with Gasteiger partial charge in [0.1, 0.15) is 17.3 Å². The van der Waals surface area contributed by atoms with Gasteiger partial charge in [0.05, 0.1) is 17.1 Å². The van der Waals surface area contributed by atoms with Gasteiger partial charge in [-0.2, -0.15) is 4.98 Å². The molecule has 1 aliphatic heterocycles. The van der Waals surface area contributed by atoms with E-state index < -0.39 is 9.84 Å². The molecule has 186 valence electrons.